The van der Waals surface area contributed by atoms with Crippen LogP contribution >= 0.6 is 0 Å². The van der Waals surface area contributed by atoms with Gasteiger partial charge in [-0.25, -0.2) is 0 Å². The third-order valence-corrected chi connectivity index (χ3v) is 7.08. The second-order valence-electron chi connectivity index (χ2n) is 10.8. The maximum atomic E-state index is 12.0. The molecule has 0 aliphatic rings. The highest BCUT2D eigenvalue weighted by atomic mass is 16.3. The van der Waals surface area contributed by atoms with Gasteiger partial charge in [0.05, 0.1) is 6.10 Å². The van der Waals surface area contributed by atoms with Crippen LogP contribution in [0.15, 0.2) is 0 Å². The quantitative estimate of drug-likeness (QED) is 0.0933. The van der Waals surface area contributed by atoms with Crippen LogP contribution < -0.4 is 10.6 Å². The minimum atomic E-state index is -0.729. The SMILES string of the molecule is CCCCCCCCCCCCCC(=O)NCC(O)CNC(=O)CCCCCCCCCCCCC. The van der Waals surface area contributed by atoms with Crippen LogP contribution in [0.5, 0.6) is 0 Å². The lowest BCUT2D eigenvalue weighted by atomic mass is 10.1. The standard InChI is InChI=1S/C31H62N2O3/c1-3-5-7-9-11-13-15-17-19-21-23-25-30(35)32-27-29(34)28-33-31(36)26-24-22-20-18-16-14-12-10-8-6-4-2/h29,34H,3-28H2,1-2H3,(H,32,35)(H,33,36). The van der Waals surface area contributed by atoms with Gasteiger partial charge in [0, 0.05) is 25.9 Å². The molecule has 0 radical (unpaired) electrons. The number of amides is 2. The Kier molecular flexibility index (Phi) is 27.6. The summed E-state index contributed by atoms with van der Waals surface area (Å²) in [4.78, 5) is 23.9. The number of nitrogens with one attached hydrogen (secondary N) is 2. The maximum Gasteiger partial charge on any atom is 0.220 e. The molecule has 0 saturated heterocycles. The molecule has 0 unspecified atom stereocenters. The number of aliphatic hydroxyl groups is 1. The normalized spacial score (nSPS) is 11.2. The van der Waals surface area contributed by atoms with Gasteiger partial charge in [-0.15, -0.1) is 0 Å². The summed E-state index contributed by atoms with van der Waals surface area (Å²) in [7, 11) is 0. The van der Waals surface area contributed by atoms with E-state index in [1.165, 1.54) is 116 Å². The molecule has 0 aromatic rings. The van der Waals surface area contributed by atoms with Crippen LogP contribution in [0.3, 0.4) is 0 Å². The Morgan fingerprint density at radius 2 is 0.722 bits per heavy atom. The molecule has 0 saturated carbocycles. The molecule has 0 rings (SSSR count). The van der Waals surface area contributed by atoms with Crippen molar-refractivity contribution in [2.45, 2.75) is 174 Å². The van der Waals surface area contributed by atoms with Crippen molar-refractivity contribution in [3.05, 3.63) is 0 Å². The Balaban J connectivity index is 3.42. The van der Waals surface area contributed by atoms with Gasteiger partial charge in [0.2, 0.25) is 11.8 Å². The van der Waals surface area contributed by atoms with Crippen molar-refractivity contribution in [2.75, 3.05) is 13.1 Å². The number of hydrogen-bond donors (Lipinski definition) is 3. The van der Waals surface area contributed by atoms with E-state index in [0.29, 0.717) is 12.8 Å². The monoisotopic (exact) mass is 510 g/mol. The van der Waals surface area contributed by atoms with Crippen molar-refractivity contribution < 1.29 is 14.7 Å². The van der Waals surface area contributed by atoms with Crippen LogP contribution in [0.1, 0.15) is 168 Å². The molecule has 3 N–H and O–H groups in total. The maximum absolute atomic E-state index is 12.0. The number of carbonyl (C=O) groups is 2. The van der Waals surface area contributed by atoms with E-state index in [9.17, 15) is 14.7 Å². The van der Waals surface area contributed by atoms with E-state index in [0.717, 1.165) is 25.7 Å². The molecule has 0 fully saturated rings. The number of carbonyl (C=O) groups excluding carboxylic acids is 2. The zero-order valence-corrected chi connectivity index (χ0v) is 24.2. The van der Waals surface area contributed by atoms with Gasteiger partial charge in [-0.2, -0.15) is 0 Å². The van der Waals surface area contributed by atoms with E-state index in [-0.39, 0.29) is 24.9 Å². The molecule has 214 valence electrons. The fraction of sp³-hybridized carbons (Fsp3) is 0.935. The van der Waals surface area contributed by atoms with Crippen LogP contribution in [0.25, 0.3) is 0 Å². The molecule has 0 aliphatic heterocycles. The van der Waals surface area contributed by atoms with Crippen molar-refractivity contribution in [3.63, 3.8) is 0 Å². The Morgan fingerprint density at radius 1 is 0.472 bits per heavy atom. The Morgan fingerprint density at radius 3 is 1.00 bits per heavy atom. The topological polar surface area (TPSA) is 78.4 Å². The number of hydrogen-bond acceptors (Lipinski definition) is 3. The average Bonchev–Trinajstić information content (AvgIpc) is 2.88. The van der Waals surface area contributed by atoms with E-state index >= 15 is 0 Å². The second-order valence-corrected chi connectivity index (χ2v) is 10.8. The summed E-state index contributed by atoms with van der Waals surface area (Å²) in [6.07, 6.45) is 28.2. The van der Waals surface area contributed by atoms with Gasteiger partial charge in [0.1, 0.15) is 0 Å². The largest absolute Gasteiger partial charge is 0.389 e. The number of rotatable bonds is 28. The van der Waals surface area contributed by atoms with Crippen molar-refractivity contribution in [1.29, 1.82) is 0 Å². The van der Waals surface area contributed by atoms with Gasteiger partial charge >= 0.3 is 0 Å². The minimum absolute atomic E-state index is 0.00254. The molecule has 5 nitrogen and oxygen atoms in total. The molecule has 0 bridgehead atoms. The van der Waals surface area contributed by atoms with Crippen molar-refractivity contribution in [2.24, 2.45) is 0 Å². The highest BCUT2D eigenvalue weighted by Crippen LogP contribution is 2.13. The smallest absolute Gasteiger partial charge is 0.220 e. The summed E-state index contributed by atoms with van der Waals surface area (Å²) >= 11 is 0. The van der Waals surface area contributed by atoms with Crippen LogP contribution in [0.2, 0.25) is 0 Å². The van der Waals surface area contributed by atoms with Gasteiger partial charge in [-0.05, 0) is 12.8 Å². The predicted octanol–water partition coefficient (Wildman–Crippen LogP) is 7.98. The number of aliphatic hydroxyl groups excluding tert-OH is 1. The van der Waals surface area contributed by atoms with Crippen molar-refractivity contribution in [1.82, 2.24) is 10.6 Å². The molecule has 0 spiro atoms. The van der Waals surface area contributed by atoms with E-state index in [1.807, 2.05) is 0 Å². The Hall–Kier alpha value is -1.10. The average molecular weight is 511 g/mol. The Labute approximate surface area is 224 Å². The van der Waals surface area contributed by atoms with Gasteiger partial charge < -0.3 is 15.7 Å². The molecule has 0 atom stereocenters. The first kappa shape index (κ1) is 34.9. The Bertz CT molecular complexity index is 442. The summed E-state index contributed by atoms with van der Waals surface area (Å²) in [6, 6.07) is 0. The predicted molar refractivity (Wildman–Crippen MR) is 154 cm³/mol. The molecule has 5 heteroatoms. The summed E-state index contributed by atoms with van der Waals surface area (Å²) in [5.41, 5.74) is 0. The van der Waals surface area contributed by atoms with E-state index in [4.69, 9.17) is 0 Å². The van der Waals surface area contributed by atoms with Gasteiger partial charge in [-0.1, -0.05) is 142 Å². The van der Waals surface area contributed by atoms with E-state index < -0.39 is 6.10 Å². The van der Waals surface area contributed by atoms with Crippen LogP contribution in [-0.2, 0) is 9.59 Å². The molecule has 0 heterocycles. The second kappa shape index (κ2) is 28.5. The van der Waals surface area contributed by atoms with Crippen LogP contribution in [0, 0.1) is 0 Å². The third kappa shape index (κ3) is 27.5. The third-order valence-electron chi connectivity index (χ3n) is 7.08. The van der Waals surface area contributed by atoms with E-state index in [2.05, 4.69) is 24.5 Å². The molecule has 0 aromatic carbocycles. The lowest BCUT2D eigenvalue weighted by Crippen LogP contribution is -2.39. The molecule has 2 amide bonds. The van der Waals surface area contributed by atoms with Gasteiger partial charge in [0.25, 0.3) is 0 Å². The molecule has 0 aliphatic carbocycles. The van der Waals surface area contributed by atoms with Gasteiger partial charge in [-0.3, -0.25) is 9.59 Å². The lowest BCUT2D eigenvalue weighted by molar-refractivity contribution is -0.121. The first-order chi connectivity index (χ1) is 17.6. The summed E-state index contributed by atoms with van der Waals surface area (Å²) in [6.45, 7) is 4.91. The lowest BCUT2D eigenvalue weighted by Gasteiger charge is -2.13. The van der Waals surface area contributed by atoms with Crippen molar-refractivity contribution in [3.8, 4) is 0 Å². The number of unbranched alkanes of at least 4 members (excludes halogenated alkanes) is 20. The zero-order chi connectivity index (χ0) is 26.5. The first-order valence-electron chi connectivity index (χ1n) is 15.8. The molecular weight excluding hydrogens is 448 g/mol. The first-order valence-corrected chi connectivity index (χ1v) is 15.8. The summed E-state index contributed by atoms with van der Waals surface area (Å²) in [5, 5.41) is 15.6. The fourth-order valence-electron chi connectivity index (χ4n) is 4.61. The van der Waals surface area contributed by atoms with Crippen LogP contribution in [0.4, 0.5) is 0 Å². The van der Waals surface area contributed by atoms with E-state index in [1.54, 1.807) is 0 Å². The highest BCUT2D eigenvalue weighted by Gasteiger charge is 2.09. The van der Waals surface area contributed by atoms with Gasteiger partial charge in [0.15, 0.2) is 0 Å². The minimum Gasteiger partial charge on any atom is -0.389 e. The summed E-state index contributed by atoms with van der Waals surface area (Å²) < 4.78 is 0. The molecule has 36 heavy (non-hydrogen) atoms. The van der Waals surface area contributed by atoms with Crippen LogP contribution in [-0.4, -0.2) is 36.1 Å². The summed E-state index contributed by atoms with van der Waals surface area (Å²) in [5.74, 6) is -0.00507. The fourth-order valence-corrected chi connectivity index (χ4v) is 4.61. The molecule has 0 aromatic heterocycles. The zero-order valence-electron chi connectivity index (χ0n) is 24.2. The van der Waals surface area contributed by atoms with Crippen molar-refractivity contribution >= 4 is 11.8 Å². The highest BCUT2D eigenvalue weighted by molar-refractivity contribution is 5.76. The molecular formula is C31H62N2O3.